The number of aryl methyl sites for hydroxylation is 1. The summed E-state index contributed by atoms with van der Waals surface area (Å²) >= 11 is 0. The summed E-state index contributed by atoms with van der Waals surface area (Å²) in [7, 11) is 0. The summed E-state index contributed by atoms with van der Waals surface area (Å²) in [5.74, 6) is 0.597. The molecular formula is C17H21N3O3. The zero-order valence-electron chi connectivity index (χ0n) is 13.4. The van der Waals surface area contributed by atoms with E-state index in [9.17, 15) is 9.59 Å². The number of amides is 2. The van der Waals surface area contributed by atoms with Gasteiger partial charge in [0.05, 0.1) is 12.5 Å². The molecule has 1 aliphatic rings. The molecule has 6 heteroatoms. The Hall–Kier alpha value is -2.34. The Labute approximate surface area is 134 Å². The van der Waals surface area contributed by atoms with Crippen molar-refractivity contribution in [3.8, 4) is 0 Å². The van der Waals surface area contributed by atoms with Crippen molar-refractivity contribution in [2.75, 3.05) is 25.0 Å². The zero-order valence-corrected chi connectivity index (χ0v) is 13.4. The van der Waals surface area contributed by atoms with Crippen molar-refractivity contribution in [3.05, 3.63) is 30.0 Å². The van der Waals surface area contributed by atoms with Gasteiger partial charge in [0, 0.05) is 24.2 Å². The summed E-state index contributed by atoms with van der Waals surface area (Å²) < 4.78 is 5.52. The minimum atomic E-state index is -0.395. The summed E-state index contributed by atoms with van der Waals surface area (Å²) in [5, 5.41) is 6.64. The number of rotatable bonds is 4. The highest BCUT2D eigenvalue weighted by molar-refractivity contribution is 5.97. The van der Waals surface area contributed by atoms with Crippen LogP contribution in [0.5, 0.6) is 0 Å². The van der Waals surface area contributed by atoms with Gasteiger partial charge >= 0.3 is 0 Å². The highest BCUT2D eigenvalue weighted by Gasteiger charge is 2.30. The summed E-state index contributed by atoms with van der Waals surface area (Å²) in [4.78, 5) is 26.3. The average Bonchev–Trinajstić information content (AvgIpc) is 2.88. The standard InChI is InChI=1S/C17H21N3O3/c1-3-20-7-6-18-17(22)14(20)10-16(21)19-13-4-5-15-12(9-13)8-11(2)23-15/h4-5,8-9,14H,3,6-7,10H2,1-2H3,(H,18,22)(H,19,21). The maximum absolute atomic E-state index is 12.3. The fraction of sp³-hybridized carbons (Fsp3) is 0.412. The van der Waals surface area contributed by atoms with Crippen molar-refractivity contribution >= 4 is 28.5 Å². The van der Waals surface area contributed by atoms with Crippen molar-refractivity contribution in [3.63, 3.8) is 0 Å². The molecule has 3 rings (SSSR count). The number of nitrogens with zero attached hydrogens (tertiary/aromatic N) is 1. The number of hydrogen-bond acceptors (Lipinski definition) is 4. The van der Waals surface area contributed by atoms with Crippen molar-refractivity contribution < 1.29 is 14.0 Å². The third-order valence-corrected chi connectivity index (χ3v) is 4.15. The summed E-state index contributed by atoms with van der Waals surface area (Å²) in [5.41, 5.74) is 1.51. The van der Waals surface area contributed by atoms with E-state index in [4.69, 9.17) is 4.42 Å². The van der Waals surface area contributed by atoms with Crippen LogP contribution in [0.4, 0.5) is 5.69 Å². The van der Waals surface area contributed by atoms with Crippen LogP contribution < -0.4 is 10.6 Å². The molecule has 1 aromatic heterocycles. The maximum atomic E-state index is 12.3. The smallest absolute Gasteiger partial charge is 0.237 e. The predicted molar refractivity (Wildman–Crippen MR) is 88.2 cm³/mol. The first-order chi connectivity index (χ1) is 11.1. The largest absolute Gasteiger partial charge is 0.461 e. The molecule has 2 amide bonds. The second kappa shape index (κ2) is 6.42. The molecule has 1 saturated heterocycles. The molecule has 122 valence electrons. The quantitative estimate of drug-likeness (QED) is 0.903. The van der Waals surface area contributed by atoms with Crippen molar-refractivity contribution in [2.45, 2.75) is 26.3 Å². The van der Waals surface area contributed by atoms with Crippen molar-refractivity contribution in [2.24, 2.45) is 0 Å². The fourth-order valence-electron chi connectivity index (χ4n) is 3.00. The van der Waals surface area contributed by atoms with Crippen LogP contribution in [0.15, 0.2) is 28.7 Å². The second-order valence-electron chi connectivity index (χ2n) is 5.80. The zero-order chi connectivity index (χ0) is 16.4. The fourth-order valence-corrected chi connectivity index (χ4v) is 3.00. The summed E-state index contributed by atoms with van der Waals surface area (Å²) in [6.07, 6.45) is 0.155. The van der Waals surface area contributed by atoms with Gasteiger partial charge in [-0.1, -0.05) is 6.92 Å². The molecule has 1 fully saturated rings. The van der Waals surface area contributed by atoms with E-state index in [1.807, 2.05) is 43.0 Å². The van der Waals surface area contributed by atoms with Gasteiger partial charge in [0.25, 0.3) is 0 Å². The molecule has 1 atom stereocenters. The number of nitrogens with one attached hydrogen (secondary N) is 2. The molecule has 0 aliphatic carbocycles. The highest BCUT2D eigenvalue weighted by atomic mass is 16.3. The monoisotopic (exact) mass is 315 g/mol. The van der Waals surface area contributed by atoms with Crippen LogP contribution in [0.2, 0.25) is 0 Å². The van der Waals surface area contributed by atoms with E-state index in [1.54, 1.807) is 0 Å². The van der Waals surface area contributed by atoms with Crippen molar-refractivity contribution in [1.29, 1.82) is 0 Å². The first-order valence-electron chi connectivity index (χ1n) is 7.88. The van der Waals surface area contributed by atoms with E-state index in [0.717, 1.165) is 29.8 Å². The van der Waals surface area contributed by atoms with Gasteiger partial charge in [-0.05, 0) is 37.7 Å². The first-order valence-corrected chi connectivity index (χ1v) is 7.88. The number of benzene rings is 1. The molecule has 23 heavy (non-hydrogen) atoms. The van der Waals surface area contributed by atoms with E-state index in [-0.39, 0.29) is 18.2 Å². The molecule has 1 unspecified atom stereocenters. The summed E-state index contributed by atoms with van der Waals surface area (Å²) in [6.45, 7) is 6.06. The number of hydrogen-bond donors (Lipinski definition) is 2. The molecule has 6 nitrogen and oxygen atoms in total. The lowest BCUT2D eigenvalue weighted by atomic mass is 10.1. The molecular weight excluding hydrogens is 294 g/mol. The van der Waals surface area contributed by atoms with Crippen LogP contribution in [0.25, 0.3) is 11.0 Å². The maximum Gasteiger partial charge on any atom is 0.237 e. The highest BCUT2D eigenvalue weighted by Crippen LogP contribution is 2.23. The minimum absolute atomic E-state index is 0.0749. The molecule has 2 N–H and O–H groups in total. The van der Waals surface area contributed by atoms with Crippen LogP contribution in [0, 0.1) is 6.92 Å². The molecule has 0 radical (unpaired) electrons. The van der Waals surface area contributed by atoms with E-state index >= 15 is 0 Å². The predicted octanol–water partition coefficient (Wildman–Crippen LogP) is 1.89. The molecule has 2 aromatic rings. The van der Waals surface area contributed by atoms with Crippen LogP contribution in [0.3, 0.4) is 0 Å². The molecule has 0 spiro atoms. The molecule has 0 bridgehead atoms. The first kappa shape index (κ1) is 15.6. The van der Waals surface area contributed by atoms with Gasteiger partial charge in [0.1, 0.15) is 11.3 Å². The average molecular weight is 315 g/mol. The van der Waals surface area contributed by atoms with Gasteiger partial charge in [-0.15, -0.1) is 0 Å². The number of anilines is 1. The molecule has 1 aromatic carbocycles. The van der Waals surface area contributed by atoms with E-state index in [0.29, 0.717) is 12.2 Å². The van der Waals surface area contributed by atoms with Crippen LogP contribution in [-0.2, 0) is 9.59 Å². The van der Waals surface area contributed by atoms with Gasteiger partial charge in [-0.25, -0.2) is 0 Å². The molecule has 1 aliphatic heterocycles. The topological polar surface area (TPSA) is 74.6 Å². The lowest BCUT2D eigenvalue weighted by Gasteiger charge is -2.33. The third kappa shape index (κ3) is 3.37. The van der Waals surface area contributed by atoms with Crippen LogP contribution >= 0.6 is 0 Å². The Bertz CT molecular complexity index is 738. The number of carbonyl (C=O) groups excluding carboxylic acids is 2. The Balaban J connectivity index is 1.68. The Kier molecular flexibility index (Phi) is 4.34. The van der Waals surface area contributed by atoms with Gasteiger partial charge in [-0.2, -0.15) is 0 Å². The van der Waals surface area contributed by atoms with E-state index < -0.39 is 6.04 Å². The van der Waals surface area contributed by atoms with Gasteiger partial charge in [-0.3, -0.25) is 14.5 Å². The van der Waals surface area contributed by atoms with Gasteiger partial charge in [0.15, 0.2) is 0 Å². The molecule has 0 saturated carbocycles. The normalized spacial score (nSPS) is 18.9. The second-order valence-corrected chi connectivity index (χ2v) is 5.80. The number of fused-ring (bicyclic) bond motifs is 1. The van der Waals surface area contributed by atoms with E-state index in [1.165, 1.54) is 0 Å². The van der Waals surface area contributed by atoms with Crippen LogP contribution in [-0.4, -0.2) is 42.4 Å². The SMILES string of the molecule is CCN1CCNC(=O)C1CC(=O)Nc1ccc2oc(C)cc2c1. The Morgan fingerprint density at radius 2 is 2.26 bits per heavy atom. The summed E-state index contributed by atoms with van der Waals surface area (Å²) in [6, 6.07) is 7.06. The number of carbonyl (C=O) groups is 2. The van der Waals surface area contributed by atoms with Crippen molar-refractivity contribution in [1.82, 2.24) is 10.2 Å². The lowest BCUT2D eigenvalue weighted by molar-refractivity contribution is -0.132. The molecule has 2 heterocycles. The Morgan fingerprint density at radius 3 is 3.04 bits per heavy atom. The minimum Gasteiger partial charge on any atom is -0.461 e. The van der Waals surface area contributed by atoms with E-state index in [2.05, 4.69) is 10.6 Å². The number of likely N-dealkylation sites (N-methyl/N-ethyl adjacent to an activating group) is 1. The van der Waals surface area contributed by atoms with Gasteiger partial charge in [0.2, 0.25) is 11.8 Å². The number of piperazine rings is 1. The lowest BCUT2D eigenvalue weighted by Crippen LogP contribution is -2.56. The van der Waals surface area contributed by atoms with Crippen LogP contribution in [0.1, 0.15) is 19.1 Å². The Morgan fingerprint density at radius 1 is 1.43 bits per heavy atom. The van der Waals surface area contributed by atoms with Gasteiger partial charge < -0.3 is 15.1 Å². The third-order valence-electron chi connectivity index (χ3n) is 4.15. The number of furan rings is 1.